The Morgan fingerprint density at radius 1 is 1.39 bits per heavy atom. The van der Waals surface area contributed by atoms with Gasteiger partial charge in [0.15, 0.2) is 0 Å². The van der Waals surface area contributed by atoms with Gasteiger partial charge in [-0.1, -0.05) is 34.5 Å². The predicted molar refractivity (Wildman–Crippen MR) is 81.8 cm³/mol. The minimum absolute atomic E-state index is 0.155. The van der Waals surface area contributed by atoms with Gasteiger partial charge in [0.25, 0.3) is 0 Å². The van der Waals surface area contributed by atoms with Crippen LogP contribution < -0.4 is 10.1 Å². The third-order valence-corrected chi connectivity index (χ3v) is 3.77. The summed E-state index contributed by atoms with van der Waals surface area (Å²) in [5.41, 5.74) is 1.20. The zero-order valence-electron chi connectivity index (χ0n) is 11.4. The van der Waals surface area contributed by atoms with Gasteiger partial charge in [-0.2, -0.15) is 0 Å². The van der Waals surface area contributed by atoms with Crippen LogP contribution in [0.3, 0.4) is 0 Å². The lowest BCUT2D eigenvalue weighted by Crippen LogP contribution is -2.40. The summed E-state index contributed by atoms with van der Waals surface area (Å²) in [5.74, 6) is 0.774. The van der Waals surface area contributed by atoms with Crippen molar-refractivity contribution in [2.24, 2.45) is 0 Å². The average Bonchev–Trinajstić information content (AvgIpc) is 2.26. The van der Waals surface area contributed by atoms with Crippen molar-refractivity contribution >= 4 is 27.5 Å². The largest absolute Gasteiger partial charge is 0.490 e. The first-order valence-electron chi connectivity index (χ1n) is 6.19. The molecule has 0 atom stereocenters. The summed E-state index contributed by atoms with van der Waals surface area (Å²) in [6.45, 7) is 9.97. The summed E-state index contributed by atoms with van der Waals surface area (Å²) < 4.78 is 6.72. The molecule has 1 N–H and O–H groups in total. The minimum atomic E-state index is 0.155. The predicted octanol–water partition coefficient (Wildman–Crippen LogP) is 4.57. The Hall–Kier alpha value is -0.250. The molecule has 0 aliphatic heterocycles. The highest BCUT2D eigenvalue weighted by atomic mass is 79.9. The van der Waals surface area contributed by atoms with E-state index in [0.717, 1.165) is 28.8 Å². The van der Waals surface area contributed by atoms with Crippen molar-refractivity contribution < 1.29 is 4.74 Å². The molecule has 0 amide bonds. The van der Waals surface area contributed by atoms with Gasteiger partial charge in [-0.15, -0.1) is 0 Å². The highest BCUT2D eigenvalue weighted by Gasteiger charge is 2.13. The molecule has 0 aliphatic carbocycles. The van der Waals surface area contributed by atoms with Gasteiger partial charge in [0.1, 0.15) is 12.4 Å². The molecule has 1 rings (SSSR count). The first-order chi connectivity index (χ1) is 8.35. The van der Waals surface area contributed by atoms with Crippen molar-refractivity contribution in [1.29, 1.82) is 0 Å². The van der Waals surface area contributed by atoms with Gasteiger partial charge < -0.3 is 10.1 Å². The van der Waals surface area contributed by atoms with Crippen molar-refractivity contribution in [2.45, 2.75) is 39.7 Å². The van der Waals surface area contributed by atoms with Crippen LogP contribution >= 0.6 is 27.5 Å². The fourth-order valence-electron chi connectivity index (χ4n) is 1.54. The van der Waals surface area contributed by atoms with Crippen LogP contribution in [0.15, 0.2) is 16.6 Å². The Bertz CT molecular complexity index is 384. The van der Waals surface area contributed by atoms with Crippen LogP contribution in [0.1, 0.15) is 32.8 Å². The monoisotopic (exact) mass is 333 g/mol. The van der Waals surface area contributed by atoms with E-state index in [1.807, 2.05) is 19.1 Å². The molecule has 0 aliphatic rings. The van der Waals surface area contributed by atoms with Crippen molar-refractivity contribution in [3.8, 4) is 5.75 Å². The van der Waals surface area contributed by atoms with Gasteiger partial charge in [0, 0.05) is 16.6 Å². The lowest BCUT2D eigenvalue weighted by molar-refractivity contribution is 0.279. The first kappa shape index (κ1) is 15.8. The molecule has 1 aromatic carbocycles. The van der Waals surface area contributed by atoms with Crippen molar-refractivity contribution in [1.82, 2.24) is 5.32 Å². The Labute approximate surface area is 123 Å². The quantitative estimate of drug-likeness (QED) is 0.770. The third kappa shape index (κ3) is 4.79. The van der Waals surface area contributed by atoms with Crippen LogP contribution in [-0.4, -0.2) is 18.7 Å². The number of halogens is 2. The summed E-state index contributed by atoms with van der Waals surface area (Å²) in [6.07, 6.45) is 1.09. The van der Waals surface area contributed by atoms with Gasteiger partial charge >= 0.3 is 0 Å². The number of hydrogen-bond acceptors (Lipinski definition) is 2. The third-order valence-electron chi connectivity index (χ3n) is 3.03. The van der Waals surface area contributed by atoms with Crippen LogP contribution in [0, 0.1) is 6.92 Å². The van der Waals surface area contributed by atoms with E-state index in [4.69, 9.17) is 16.3 Å². The molecule has 0 bridgehead atoms. The van der Waals surface area contributed by atoms with Gasteiger partial charge in [0.2, 0.25) is 0 Å². The van der Waals surface area contributed by atoms with Gasteiger partial charge in [-0.05, 0) is 44.9 Å². The van der Waals surface area contributed by atoms with E-state index in [1.165, 1.54) is 0 Å². The fourth-order valence-corrected chi connectivity index (χ4v) is 2.56. The van der Waals surface area contributed by atoms with Crippen molar-refractivity contribution in [2.75, 3.05) is 13.2 Å². The fraction of sp³-hybridized carbons (Fsp3) is 0.571. The van der Waals surface area contributed by atoms with E-state index in [0.29, 0.717) is 11.6 Å². The summed E-state index contributed by atoms with van der Waals surface area (Å²) in [6, 6.07) is 3.86. The molecule has 0 unspecified atom stereocenters. The molecular weight excluding hydrogens is 314 g/mol. The maximum absolute atomic E-state index is 6.16. The molecule has 0 saturated carbocycles. The molecule has 4 heteroatoms. The molecular formula is C14H21BrClNO. The molecule has 0 fully saturated rings. The lowest BCUT2D eigenvalue weighted by atomic mass is 10.0. The van der Waals surface area contributed by atoms with E-state index in [2.05, 4.69) is 42.0 Å². The van der Waals surface area contributed by atoms with Gasteiger partial charge in [-0.3, -0.25) is 0 Å². The number of hydrogen-bond donors (Lipinski definition) is 1. The molecule has 102 valence electrons. The second kappa shape index (κ2) is 6.78. The summed E-state index contributed by atoms with van der Waals surface area (Å²) in [7, 11) is 0. The molecule has 0 saturated heterocycles. The van der Waals surface area contributed by atoms with Crippen LogP contribution in [0.2, 0.25) is 5.02 Å². The van der Waals surface area contributed by atoms with E-state index in [1.54, 1.807) is 0 Å². The minimum Gasteiger partial charge on any atom is -0.490 e. The van der Waals surface area contributed by atoms with Crippen LogP contribution in [0.5, 0.6) is 5.75 Å². The number of benzene rings is 1. The molecule has 0 radical (unpaired) electrons. The highest BCUT2D eigenvalue weighted by molar-refractivity contribution is 9.10. The van der Waals surface area contributed by atoms with E-state index in [9.17, 15) is 0 Å². The van der Waals surface area contributed by atoms with Gasteiger partial charge in [-0.25, -0.2) is 0 Å². The van der Waals surface area contributed by atoms with Gasteiger partial charge in [0.05, 0.1) is 5.02 Å². The zero-order valence-corrected chi connectivity index (χ0v) is 13.8. The molecule has 1 aromatic rings. The molecule has 0 spiro atoms. The van der Waals surface area contributed by atoms with Crippen LogP contribution in [-0.2, 0) is 0 Å². The average molecular weight is 335 g/mol. The summed E-state index contributed by atoms with van der Waals surface area (Å²) >= 11 is 9.57. The lowest BCUT2D eigenvalue weighted by Gasteiger charge is -2.24. The van der Waals surface area contributed by atoms with E-state index >= 15 is 0 Å². The molecule has 0 heterocycles. The van der Waals surface area contributed by atoms with Crippen molar-refractivity contribution in [3.05, 3.63) is 27.2 Å². The Kier molecular flexibility index (Phi) is 5.96. The Morgan fingerprint density at radius 2 is 2.06 bits per heavy atom. The topological polar surface area (TPSA) is 21.3 Å². The maximum Gasteiger partial charge on any atom is 0.140 e. The van der Waals surface area contributed by atoms with Crippen molar-refractivity contribution in [3.63, 3.8) is 0 Å². The normalized spacial score (nSPS) is 11.7. The van der Waals surface area contributed by atoms with E-state index < -0.39 is 0 Å². The summed E-state index contributed by atoms with van der Waals surface area (Å²) in [5, 5.41) is 4.10. The first-order valence-corrected chi connectivity index (χ1v) is 7.36. The van der Waals surface area contributed by atoms with Crippen LogP contribution in [0.25, 0.3) is 0 Å². The Morgan fingerprint density at radius 3 is 2.61 bits per heavy atom. The number of ether oxygens (including phenoxy) is 1. The standard InChI is InChI=1S/C14H21BrClNO/c1-5-14(3,4)17-6-7-18-13-10(2)8-11(15)9-12(13)16/h8-9,17H,5-7H2,1-4H3. The second-order valence-corrected chi connectivity index (χ2v) is 6.37. The SMILES string of the molecule is CCC(C)(C)NCCOc1c(C)cc(Br)cc1Cl. The maximum atomic E-state index is 6.16. The smallest absolute Gasteiger partial charge is 0.140 e. The van der Waals surface area contributed by atoms with Crippen LogP contribution in [0.4, 0.5) is 0 Å². The number of rotatable bonds is 6. The summed E-state index contributed by atoms with van der Waals surface area (Å²) in [4.78, 5) is 0. The second-order valence-electron chi connectivity index (χ2n) is 5.05. The zero-order chi connectivity index (χ0) is 13.8. The Balaban J connectivity index is 2.50. The molecule has 0 aromatic heterocycles. The number of nitrogens with one attached hydrogen (secondary N) is 1. The van der Waals surface area contributed by atoms with E-state index in [-0.39, 0.29) is 5.54 Å². The highest BCUT2D eigenvalue weighted by Crippen LogP contribution is 2.31. The molecule has 18 heavy (non-hydrogen) atoms. The molecule has 2 nitrogen and oxygen atoms in total. The number of aryl methyl sites for hydroxylation is 1.